The van der Waals surface area contributed by atoms with Crippen molar-refractivity contribution in [3.8, 4) is 11.5 Å². The van der Waals surface area contributed by atoms with E-state index in [1.165, 1.54) is 36.3 Å². The van der Waals surface area contributed by atoms with Crippen LogP contribution in [-0.2, 0) is 24.0 Å². The van der Waals surface area contributed by atoms with Gasteiger partial charge in [-0.25, -0.2) is 4.39 Å². The number of aliphatic hydroxyl groups excluding tert-OH is 3. The lowest BCUT2D eigenvalue weighted by atomic mass is 9.77. The Kier molecular flexibility index (Phi) is 9.66. The summed E-state index contributed by atoms with van der Waals surface area (Å²) >= 11 is 0. The molecule has 3 aromatic rings. The average molecular weight is 645 g/mol. The molecule has 244 valence electrons. The molecule has 0 radical (unpaired) electrons. The Bertz CT molecular complexity index is 1630. The fourth-order valence-corrected chi connectivity index (χ4v) is 5.91. The zero-order valence-electron chi connectivity index (χ0n) is 24.6. The van der Waals surface area contributed by atoms with E-state index in [1.807, 2.05) is 0 Å². The lowest BCUT2D eigenvalue weighted by Gasteiger charge is -2.40. The molecule has 2 amide bonds. The summed E-state index contributed by atoms with van der Waals surface area (Å²) < 4.78 is 65.4. The Morgan fingerprint density at radius 1 is 1.04 bits per heavy atom. The molecule has 0 spiro atoms. The summed E-state index contributed by atoms with van der Waals surface area (Å²) in [5, 5.41) is 33.6. The molecule has 1 aliphatic heterocycles. The van der Waals surface area contributed by atoms with Crippen molar-refractivity contribution >= 4 is 11.8 Å². The number of rotatable bonds is 10. The second-order valence-corrected chi connectivity index (χ2v) is 11.0. The van der Waals surface area contributed by atoms with Crippen molar-refractivity contribution < 1.29 is 51.9 Å². The molecule has 13 heteroatoms. The quantitative estimate of drug-likeness (QED) is 0.249. The Morgan fingerprint density at radius 3 is 2.41 bits per heavy atom. The normalized spacial score (nSPS) is 20.2. The summed E-state index contributed by atoms with van der Waals surface area (Å²) in [6.07, 6.45) is -5.70. The predicted molar refractivity (Wildman–Crippen MR) is 157 cm³/mol. The van der Waals surface area contributed by atoms with E-state index in [4.69, 9.17) is 9.47 Å². The maximum atomic E-state index is 14.0. The Morgan fingerprint density at radius 2 is 1.78 bits per heavy atom. The molecule has 1 heterocycles. The smallest absolute Gasteiger partial charge is 0.416 e. The number of halogens is 4. The third-order valence-corrected chi connectivity index (χ3v) is 8.11. The highest BCUT2D eigenvalue weighted by molar-refractivity contribution is 5.97. The Balaban J connectivity index is 1.59. The minimum atomic E-state index is -4.63. The topological polar surface area (TPSA) is 129 Å². The summed E-state index contributed by atoms with van der Waals surface area (Å²) in [5.41, 5.74) is 0.472. The van der Waals surface area contributed by atoms with E-state index in [9.17, 15) is 42.5 Å². The molecule has 2 aliphatic rings. The molecule has 9 nitrogen and oxygen atoms in total. The SMILES string of the molecule is COc1cc(CO)cc2c1O[C@@H]1[C@@H](O)[C@H](N(CCc3cccc(F)c3)C(=O)c3ccc(C(F)(F)F)cc3)C=C(C(=O)NCCO)[C@H]21. The van der Waals surface area contributed by atoms with Gasteiger partial charge in [-0.2, -0.15) is 13.2 Å². The fourth-order valence-electron chi connectivity index (χ4n) is 5.91. The highest BCUT2D eigenvalue weighted by atomic mass is 19.4. The van der Waals surface area contributed by atoms with Crippen LogP contribution in [0.25, 0.3) is 0 Å². The van der Waals surface area contributed by atoms with Crippen LogP contribution in [0.4, 0.5) is 17.6 Å². The maximum absolute atomic E-state index is 14.0. The van der Waals surface area contributed by atoms with Crippen molar-refractivity contribution in [3.05, 3.63) is 106 Å². The van der Waals surface area contributed by atoms with Gasteiger partial charge in [-0.15, -0.1) is 0 Å². The molecule has 1 aliphatic carbocycles. The second kappa shape index (κ2) is 13.5. The van der Waals surface area contributed by atoms with E-state index in [0.29, 0.717) is 16.7 Å². The molecule has 0 fully saturated rings. The second-order valence-electron chi connectivity index (χ2n) is 11.0. The number of hydrogen-bond donors (Lipinski definition) is 4. The van der Waals surface area contributed by atoms with Gasteiger partial charge >= 0.3 is 6.18 Å². The highest BCUT2D eigenvalue weighted by Crippen LogP contribution is 2.51. The first kappa shape index (κ1) is 32.9. The number of nitrogens with zero attached hydrogens (tertiary/aromatic N) is 1. The number of carbonyl (C=O) groups excluding carboxylic acids is 2. The number of alkyl halides is 3. The molecule has 3 aromatic carbocycles. The highest BCUT2D eigenvalue weighted by Gasteiger charge is 2.51. The van der Waals surface area contributed by atoms with Gasteiger partial charge in [0.2, 0.25) is 5.91 Å². The lowest BCUT2D eigenvalue weighted by molar-refractivity contribution is -0.137. The minimum absolute atomic E-state index is 0.0950. The predicted octanol–water partition coefficient (Wildman–Crippen LogP) is 3.35. The molecule has 0 saturated carbocycles. The van der Waals surface area contributed by atoms with Gasteiger partial charge in [-0.3, -0.25) is 9.59 Å². The number of aliphatic hydroxyl groups is 3. The minimum Gasteiger partial charge on any atom is -0.493 e. The summed E-state index contributed by atoms with van der Waals surface area (Å²) in [6.45, 7) is -0.921. The molecule has 46 heavy (non-hydrogen) atoms. The number of hydrogen-bond acceptors (Lipinski definition) is 7. The molecular formula is C33H32F4N2O7. The fraction of sp³-hybridized carbons (Fsp3) is 0.333. The summed E-state index contributed by atoms with van der Waals surface area (Å²) in [5.74, 6) is -2.25. The first-order valence-corrected chi connectivity index (χ1v) is 14.5. The monoisotopic (exact) mass is 644 g/mol. The number of ether oxygens (including phenoxy) is 2. The number of amides is 2. The first-order chi connectivity index (χ1) is 22.0. The van der Waals surface area contributed by atoms with Crippen molar-refractivity contribution in [2.45, 2.75) is 43.4 Å². The van der Waals surface area contributed by atoms with Gasteiger partial charge in [0.15, 0.2) is 11.5 Å². The number of methoxy groups -OCH3 is 1. The standard InChI is InChI=1S/C33H32F4N2O7/c1-45-26-15-19(17-41)14-23-27-24(31(43)38-10-12-40)16-25(28(42)30(27)46-29(23)26)39(11-9-18-3-2-4-22(34)13-18)32(44)20-5-7-21(8-6-20)33(35,36)37/h2-8,13-16,25,27-28,30,40-42H,9-12,17H2,1H3,(H,38,43)/t25-,27+,28+,30+/m1/s1. The van der Waals surface area contributed by atoms with Crippen LogP contribution in [0.3, 0.4) is 0 Å². The lowest BCUT2D eigenvalue weighted by Crippen LogP contribution is -2.56. The molecule has 4 N–H and O–H groups in total. The number of benzene rings is 3. The zero-order valence-corrected chi connectivity index (χ0v) is 24.6. The van der Waals surface area contributed by atoms with Gasteiger partial charge in [-0.1, -0.05) is 12.1 Å². The van der Waals surface area contributed by atoms with Crippen LogP contribution in [0.5, 0.6) is 11.5 Å². The van der Waals surface area contributed by atoms with Crippen molar-refractivity contribution in [3.63, 3.8) is 0 Å². The average Bonchev–Trinajstić information content (AvgIpc) is 3.43. The van der Waals surface area contributed by atoms with Crippen LogP contribution in [0.2, 0.25) is 0 Å². The summed E-state index contributed by atoms with van der Waals surface area (Å²) in [6, 6.07) is 11.2. The molecule has 0 aromatic heterocycles. The molecule has 0 saturated heterocycles. The molecular weight excluding hydrogens is 612 g/mol. The van der Waals surface area contributed by atoms with Gasteiger partial charge in [0.1, 0.15) is 18.0 Å². The maximum Gasteiger partial charge on any atom is 0.416 e. The number of nitrogens with one attached hydrogen (secondary N) is 1. The van der Waals surface area contributed by atoms with Gasteiger partial charge in [-0.05, 0) is 72.2 Å². The first-order valence-electron chi connectivity index (χ1n) is 14.5. The van der Waals surface area contributed by atoms with E-state index in [-0.39, 0.29) is 55.4 Å². The van der Waals surface area contributed by atoms with Crippen LogP contribution >= 0.6 is 0 Å². The van der Waals surface area contributed by atoms with Gasteiger partial charge < -0.3 is 35.0 Å². The zero-order chi connectivity index (χ0) is 33.2. The van der Waals surface area contributed by atoms with Crippen LogP contribution in [0, 0.1) is 5.82 Å². The van der Waals surface area contributed by atoms with Crippen LogP contribution in [0.15, 0.2) is 72.3 Å². The van der Waals surface area contributed by atoms with E-state index >= 15 is 0 Å². The van der Waals surface area contributed by atoms with Crippen LogP contribution < -0.4 is 14.8 Å². The molecule has 4 atom stereocenters. The number of fused-ring (bicyclic) bond motifs is 3. The van der Waals surface area contributed by atoms with E-state index in [2.05, 4.69) is 5.32 Å². The van der Waals surface area contributed by atoms with Crippen molar-refractivity contribution in [2.24, 2.45) is 0 Å². The summed E-state index contributed by atoms with van der Waals surface area (Å²) in [7, 11) is 1.39. The largest absolute Gasteiger partial charge is 0.493 e. The Hall–Kier alpha value is -4.46. The molecule has 5 rings (SSSR count). The van der Waals surface area contributed by atoms with Crippen molar-refractivity contribution in [2.75, 3.05) is 26.8 Å². The molecule has 0 bridgehead atoms. The van der Waals surface area contributed by atoms with Crippen molar-refractivity contribution in [1.29, 1.82) is 0 Å². The third kappa shape index (κ3) is 6.57. The van der Waals surface area contributed by atoms with E-state index in [0.717, 1.165) is 24.3 Å². The van der Waals surface area contributed by atoms with Crippen molar-refractivity contribution in [1.82, 2.24) is 10.2 Å². The van der Waals surface area contributed by atoms with E-state index in [1.54, 1.807) is 18.2 Å². The molecule has 0 unspecified atom stereocenters. The summed E-state index contributed by atoms with van der Waals surface area (Å²) in [4.78, 5) is 28.7. The van der Waals surface area contributed by atoms with Gasteiger partial charge in [0.25, 0.3) is 5.91 Å². The van der Waals surface area contributed by atoms with Crippen LogP contribution in [-0.4, -0.2) is 77.1 Å². The van der Waals surface area contributed by atoms with Crippen LogP contribution in [0.1, 0.15) is 38.5 Å². The number of carbonyl (C=O) groups is 2. The third-order valence-electron chi connectivity index (χ3n) is 8.11. The van der Waals surface area contributed by atoms with E-state index < -0.39 is 53.5 Å². The van der Waals surface area contributed by atoms with Gasteiger partial charge in [0, 0.05) is 29.8 Å². The van der Waals surface area contributed by atoms with Gasteiger partial charge in [0.05, 0.1) is 37.8 Å². The Labute approximate surface area is 261 Å².